The van der Waals surface area contributed by atoms with Gasteiger partial charge in [0.05, 0.1) is 11.8 Å². The molecule has 6 nitrogen and oxygen atoms in total. The molecule has 1 unspecified atom stereocenters. The quantitative estimate of drug-likeness (QED) is 0.897. The number of pyridine rings is 1. The largest absolute Gasteiger partial charge is 0.393 e. The van der Waals surface area contributed by atoms with E-state index in [1.54, 1.807) is 6.20 Å². The van der Waals surface area contributed by atoms with Gasteiger partial charge in [-0.15, -0.1) is 0 Å². The molecule has 6 heteroatoms. The van der Waals surface area contributed by atoms with Crippen LogP contribution < -0.4 is 10.2 Å². The van der Waals surface area contributed by atoms with Crippen molar-refractivity contribution in [1.82, 2.24) is 9.88 Å². The van der Waals surface area contributed by atoms with Crippen molar-refractivity contribution >= 4 is 17.5 Å². The molecule has 2 N–H and O–H groups in total. The Labute approximate surface area is 137 Å². The number of anilines is 2. The van der Waals surface area contributed by atoms with Crippen LogP contribution in [-0.2, 0) is 0 Å². The Kier molecular flexibility index (Phi) is 5.00. The molecule has 0 bridgehead atoms. The van der Waals surface area contributed by atoms with Crippen molar-refractivity contribution in [3.05, 3.63) is 18.3 Å². The second kappa shape index (κ2) is 7.17. The van der Waals surface area contributed by atoms with Gasteiger partial charge in [-0.25, -0.2) is 9.78 Å². The van der Waals surface area contributed by atoms with Crippen LogP contribution in [0.2, 0.25) is 0 Å². The molecule has 2 aliphatic heterocycles. The van der Waals surface area contributed by atoms with E-state index in [0.717, 1.165) is 37.4 Å². The molecule has 2 saturated heterocycles. The molecular formula is C17H26N4O2. The summed E-state index contributed by atoms with van der Waals surface area (Å²) < 4.78 is 0. The van der Waals surface area contributed by atoms with Crippen molar-refractivity contribution in [3.63, 3.8) is 0 Å². The lowest BCUT2D eigenvalue weighted by Gasteiger charge is -2.33. The summed E-state index contributed by atoms with van der Waals surface area (Å²) in [4.78, 5) is 21.0. The fraction of sp³-hybridized carbons (Fsp3) is 0.647. The van der Waals surface area contributed by atoms with Crippen molar-refractivity contribution in [3.8, 4) is 0 Å². The number of nitrogens with zero attached hydrogens (tertiary/aromatic N) is 3. The first kappa shape index (κ1) is 16.1. The highest BCUT2D eigenvalue weighted by atomic mass is 16.3. The van der Waals surface area contributed by atoms with E-state index in [1.165, 1.54) is 12.8 Å². The average molecular weight is 318 g/mol. The van der Waals surface area contributed by atoms with E-state index in [1.807, 2.05) is 24.0 Å². The Bertz CT molecular complexity index is 535. The van der Waals surface area contributed by atoms with E-state index in [-0.39, 0.29) is 12.1 Å². The van der Waals surface area contributed by atoms with Gasteiger partial charge in [0.1, 0.15) is 0 Å². The number of piperidine rings is 1. The highest BCUT2D eigenvalue weighted by Crippen LogP contribution is 2.27. The summed E-state index contributed by atoms with van der Waals surface area (Å²) in [5.74, 6) is 1.18. The topological polar surface area (TPSA) is 68.7 Å². The molecule has 1 aromatic rings. The molecule has 0 saturated carbocycles. The first-order chi connectivity index (χ1) is 11.1. The Morgan fingerprint density at radius 1 is 1.30 bits per heavy atom. The lowest BCUT2D eigenvalue weighted by molar-refractivity contribution is 0.0820. The summed E-state index contributed by atoms with van der Waals surface area (Å²) in [6, 6.07) is 3.71. The third-order valence-electron chi connectivity index (χ3n) is 4.94. The first-order valence-electron chi connectivity index (χ1n) is 8.59. The lowest BCUT2D eigenvalue weighted by Crippen LogP contribution is -2.43. The van der Waals surface area contributed by atoms with Gasteiger partial charge in [0, 0.05) is 32.4 Å². The van der Waals surface area contributed by atoms with E-state index in [0.29, 0.717) is 19.0 Å². The minimum absolute atomic E-state index is 0.0671. The number of hydrogen-bond donors (Lipinski definition) is 2. The van der Waals surface area contributed by atoms with Crippen molar-refractivity contribution < 1.29 is 9.90 Å². The van der Waals surface area contributed by atoms with Crippen molar-refractivity contribution in [2.45, 2.75) is 38.7 Å². The smallest absolute Gasteiger partial charge is 0.321 e. The maximum Gasteiger partial charge on any atom is 0.321 e. The maximum atomic E-state index is 12.5. The average Bonchev–Trinajstić information content (AvgIpc) is 3.09. The summed E-state index contributed by atoms with van der Waals surface area (Å²) in [6.45, 7) is 5.22. The number of carbonyl (C=O) groups is 1. The number of hydrogen-bond acceptors (Lipinski definition) is 4. The van der Waals surface area contributed by atoms with Crippen LogP contribution in [-0.4, -0.2) is 53.3 Å². The molecule has 0 spiro atoms. The van der Waals surface area contributed by atoms with E-state index < -0.39 is 0 Å². The minimum atomic E-state index is -0.291. The molecule has 0 aliphatic carbocycles. The molecule has 2 fully saturated rings. The predicted octanol–water partition coefficient (Wildman–Crippen LogP) is 2.31. The number of urea groups is 1. The molecule has 3 rings (SSSR count). The Hall–Kier alpha value is -1.82. The third kappa shape index (κ3) is 3.75. The number of amides is 2. The highest BCUT2D eigenvalue weighted by Gasteiger charge is 2.26. The van der Waals surface area contributed by atoms with Gasteiger partial charge in [-0.2, -0.15) is 0 Å². The molecule has 2 amide bonds. The highest BCUT2D eigenvalue weighted by molar-refractivity contribution is 5.92. The summed E-state index contributed by atoms with van der Waals surface area (Å²) >= 11 is 0. The van der Waals surface area contributed by atoms with Crippen molar-refractivity contribution in [2.75, 3.05) is 36.4 Å². The van der Waals surface area contributed by atoms with Crippen LogP contribution in [0.5, 0.6) is 0 Å². The zero-order valence-corrected chi connectivity index (χ0v) is 13.7. The van der Waals surface area contributed by atoms with Gasteiger partial charge < -0.3 is 20.2 Å². The third-order valence-corrected chi connectivity index (χ3v) is 4.94. The van der Waals surface area contributed by atoms with E-state index in [9.17, 15) is 9.90 Å². The molecule has 1 atom stereocenters. The summed E-state index contributed by atoms with van der Waals surface area (Å²) in [7, 11) is 0. The molecule has 0 radical (unpaired) electrons. The number of carbonyl (C=O) groups excluding carboxylic acids is 1. The van der Waals surface area contributed by atoms with E-state index in [2.05, 4.69) is 15.2 Å². The lowest BCUT2D eigenvalue weighted by atomic mass is 9.92. The molecule has 1 aromatic heterocycles. The number of aliphatic hydroxyl groups excluding tert-OH is 1. The molecule has 2 aliphatic rings. The Morgan fingerprint density at radius 2 is 2.00 bits per heavy atom. The minimum Gasteiger partial charge on any atom is -0.393 e. The number of aromatic nitrogens is 1. The van der Waals surface area contributed by atoms with Gasteiger partial charge in [-0.3, -0.25) is 0 Å². The van der Waals surface area contributed by atoms with Crippen LogP contribution in [0.1, 0.15) is 32.6 Å². The summed E-state index contributed by atoms with van der Waals surface area (Å²) in [5.41, 5.74) is 0.789. The van der Waals surface area contributed by atoms with Gasteiger partial charge in [0.25, 0.3) is 0 Å². The Balaban J connectivity index is 1.62. The first-order valence-corrected chi connectivity index (χ1v) is 8.59. The van der Waals surface area contributed by atoms with E-state index in [4.69, 9.17) is 0 Å². The standard InChI is InChI=1S/C17H26N4O2/c1-13(22)14-6-11-21(12-7-14)17(23)19-15-5-4-8-18-16(15)20-9-2-3-10-20/h4-5,8,13-14,22H,2-3,6-7,9-12H2,1H3,(H,19,23). The predicted molar refractivity (Wildman–Crippen MR) is 90.7 cm³/mol. The zero-order valence-electron chi connectivity index (χ0n) is 13.7. The summed E-state index contributed by atoms with van der Waals surface area (Å²) in [5, 5.41) is 12.7. The van der Waals surface area contributed by atoms with Crippen LogP contribution in [0.25, 0.3) is 0 Å². The fourth-order valence-corrected chi connectivity index (χ4v) is 3.45. The second-order valence-electron chi connectivity index (χ2n) is 6.56. The van der Waals surface area contributed by atoms with Crippen molar-refractivity contribution in [1.29, 1.82) is 0 Å². The summed E-state index contributed by atoms with van der Waals surface area (Å²) in [6.07, 6.45) is 5.56. The fourth-order valence-electron chi connectivity index (χ4n) is 3.45. The second-order valence-corrected chi connectivity index (χ2v) is 6.56. The molecule has 3 heterocycles. The Morgan fingerprint density at radius 3 is 2.65 bits per heavy atom. The molecular weight excluding hydrogens is 292 g/mol. The van der Waals surface area contributed by atoms with Gasteiger partial charge in [0.15, 0.2) is 5.82 Å². The van der Waals surface area contributed by atoms with Gasteiger partial charge in [-0.1, -0.05) is 0 Å². The zero-order chi connectivity index (χ0) is 16.2. The van der Waals surface area contributed by atoms with Gasteiger partial charge >= 0.3 is 6.03 Å². The van der Waals surface area contributed by atoms with E-state index >= 15 is 0 Å². The van der Waals surface area contributed by atoms with Crippen molar-refractivity contribution in [2.24, 2.45) is 5.92 Å². The van der Waals surface area contributed by atoms with Crippen LogP contribution in [0, 0.1) is 5.92 Å². The number of nitrogens with one attached hydrogen (secondary N) is 1. The van der Waals surface area contributed by atoms with Crippen LogP contribution in [0.15, 0.2) is 18.3 Å². The van der Waals surface area contributed by atoms with Crippen LogP contribution >= 0.6 is 0 Å². The van der Waals surface area contributed by atoms with Crippen LogP contribution in [0.3, 0.4) is 0 Å². The molecule has 126 valence electrons. The molecule has 23 heavy (non-hydrogen) atoms. The number of rotatable bonds is 3. The van der Waals surface area contributed by atoms with Gasteiger partial charge in [-0.05, 0) is 50.7 Å². The maximum absolute atomic E-state index is 12.5. The van der Waals surface area contributed by atoms with Crippen LogP contribution in [0.4, 0.5) is 16.3 Å². The SMILES string of the molecule is CC(O)C1CCN(C(=O)Nc2cccnc2N2CCCC2)CC1. The normalized spacial score (nSPS) is 20.6. The molecule has 0 aromatic carbocycles. The number of likely N-dealkylation sites (tertiary alicyclic amines) is 1. The van der Waals surface area contributed by atoms with Gasteiger partial charge in [0.2, 0.25) is 0 Å². The monoisotopic (exact) mass is 318 g/mol. The number of aliphatic hydroxyl groups is 1.